The first-order valence-electron chi connectivity index (χ1n) is 8.84. The first kappa shape index (κ1) is 20.4. The zero-order valence-electron chi connectivity index (χ0n) is 14.6. The predicted molar refractivity (Wildman–Crippen MR) is 87.9 cm³/mol. The van der Waals surface area contributed by atoms with Gasteiger partial charge in [-0.05, 0) is 12.3 Å². The highest BCUT2D eigenvalue weighted by Gasteiger charge is 2.45. The van der Waals surface area contributed by atoms with Crippen LogP contribution in [-0.4, -0.2) is 58.3 Å². The van der Waals surface area contributed by atoms with E-state index in [9.17, 15) is 20.1 Å². The summed E-state index contributed by atoms with van der Waals surface area (Å²) < 4.78 is 5.68. The average Bonchev–Trinajstić information content (AvgIpc) is 2.51. The van der Waals surface area contributed by atoms with Crippen molar-refractivity contribution < 1.29 is 24.9 Å². The maximum Gasteiger partial charge on any atom is 0.220 e. The molecule has 5 unspecified atom stereocenters. The fourth-order valence-electron chi connectivity index (χ4n) is 3.03. The first-order chi connectivity index (χ1) is 10.9. The molecule has 1 fully saturated rings. The van der Waals surface area contributed by atoms with Gasteiger partial charge in [-0.25, -0.2) is 0 Å². The minimum absolute atomic E-state index is 0.0426. The minimum Gasteiger partial charge on any atom is -0.394 e. The van der Waals surface area contributed by atoms with Crippen LogP contribution >= 0.6 is 0 Å². The van der Waals surface area contributed by atoms with Crippen molar-refractivity contribution in [1.82, 2.24) is 5.32 Å². The molecule has 23 heavy (non-hydrogen) atoms. The summed E-state index contributed by atoms with van der Waals surface area (Å²) in [5.74, 6) is -0.0875. The van der Waals surface area contributed by atoms with Crippen LogP contribution in [0.3, 0.4) is 0 Å². The van der Waals surface area contributed by atoms with E-state index in [1.54, 1.807) is 0 Å². The van der Waals surface area contributed by atoms with Gasteiger partial charge in [0.15, 0.2) is 0 Å². The van der Waals surface area contributed by atoms with Crippen molar-refractivity contribution in [3.63, 3.8) is 0 Å². The molecule has 136 valence electrons. The molecule has 1 heterocycles. The highest BCUT2D eigenvalue weighted by Crippen LogP contribution is 2.26. The zero-order valence-corrected chi connectivity index (χ0v) is 14.6. The van der Waals surface area contributed by atoms with Gasteiger partial charge < -0.3 is 25.4 Å². The molecule has 1 aliphatic heterocycles. The van der Waals surface area contributed by atoms with E-state index in [-0.39, 0.29) is 18.4 Å². The molecule has 0 radical (unpaired) electrons. The van der Waals surface area contributed by atoms with Crippen LogP contribution in [0, 0.1) is 5.92 Å². The van der Waals surface area contributed by atoms with Gasteiger partial charge in [0.05, 0.1) is 18.8 Å². The maximum atomic E-state index is 12.1. The van der Waals surface area contributed by atoms with Crippen molar-refractivity contribution in [1.29, 1.82) is 0 Å². The van der Waals surface area contributed by atoms with Crippen molar-refractivity contribution >= 4 is 5.91 Å². The van der Waals surface area contributed by atoms with Crippen LogP contribution in [0.5, 0.6) is 0 Å². The number of aliphatic hydroxyl groups is 3. The Morgan fingerprint density at radius 1 is 1.13 bits per heavy atom. The number of ether oxygens (including phenoxy) is 1. The standard InChI is InChI=1S/C17H33NO5/c1-4-5-6-7-8-9-13(20)18-14-16(22)15(21)12(10-19)23-17(14)11(2)3/h11-12,14-17,19,21-22H,4-10H2,1-3H3,(H,18,20). The molecule has 6 nitrogen and oxygen atoms in total. The molecule has 0 aromatic rings. The maximum absolute atomic E-state index is 12.1. The first-order valence-corrected chi connectivity index (χ1v) is 8.84. The fourth-order valence-corrected chi connectivity index (χ4v) is 3.03. The van der Waals surface area contributed by atoms with Gasteiger partial charge in [-0.15, -0.1) is 0 Å². The van der Waals surface area contributed by atoms with Gasteiger partial charge in [-0.1, -0.05) is 46.5 Å². The molecule has 0 spiro atoms. The van der Waals surface area contributed by atoms with Crippen LogP contribution in [0.2, 0.25) is 0 Å². The Labute approximate surface area is 139 Å². The van der Waals surface area contributed by atoms with Crippen molar-refractivity contribution in [2.75, 3.05) is 6.61 Å². The molecular weight excluding hydrogens is 298 g/mol. The molecule has 0 aromatic heterocycles. The zero-order chi connectivity index (χ0) is 17.4. The van der Waals surface area contributed by atoms with Gasteiger partial charge >= 0.3 is 0 Å². The third kappa shape index (κ3) is 6.03. The van der Waals surface area contributed by atoms with Crippen molar-refractivity contribution in [3.05, 3.63) is 0 Å². The van der Waals surface area contributed by atoms with Gasteiger partial charge in [-0.2, -0.15) is 0 Å². The molecule has 1 amide bonds. The van der Waals surface area contributed by atoms with E-state index in [0.717, 1.165) is 25.7 Å². The smallest absolute Gasteiger partial charge is 0.220 e. The number of carbonyl (C=O) groups excluding carboxylic acids is 1. The van der Waals surface area contributed by atoms with E-state index < -0.39 is 30.5 Å². The van der Waals surface area contributed by atoms with Crippen LogP contribution in [0.25, 0.3) is 0 Å². The van der Waals surface area contributed by atoms with Crippen LogP contribution in [-0.2, 0) is 9.53 Å². The number of rotatable bonds is 9. The Morgan fingerprint density at radius 2 is 1.78 bits per heavy atom. The number of hydrogen-bond donors (Lipinski definition) is 4. The molecule has 1 aliphatic rings. The molecule has 4 N–H and O–H groups in total. The van der Waals surface area contributed by atoms with E-state index in [1.807, 2.05) is 13.8 Å². The second-order valence-electron chi connectivity index (χ2n) is 6.80. The number of unbranched alkanes of at least 4 members (excludes halogenated alkanes) is 4. The SMILES string of the molecule is CCCCCCCC(=O)NC1C(O)C(O)C(CO)OC1C(C)C. The van der Waals surface area contributed by atoms with Crippen LogP contribution < -0.4 is 5.32 Å². The van der Waals surface area contributed by atoms with E-state index in [2.05, 4.69) is 12.2 Å². The van der Waals surface area contributed by atoms with Gasteiger partial charge in [0, 0.05) is 6.42 Å². The van der Waals surface area contributed by atoms with Gasteiger partial charge in [-0.3, -0.25) is 4.79 Å². The van der Waals surface area contributed by atoms with E-state index in [0.29, 0.717) is 6.42 Å². The van der Waals surface area contributed by atoms with Gasteiger partial charge in [0.1, 0.15) is 18.3 Å². The highest BCUT2D eigenvalue weighted by molar-refractivity contribution is 5.76. The van der Waals surface area contributed by atoms with Crippen LogP contribution in [0.1, 0.15) is 59.3 Å². The fraction of sp³-hybridized carbons (Fsp3) is 0.941. The van der Waals surface area contributed by atoms with Crippen LogP contribution in [0.4, 0.5) is 0 Å². The Hall–Kier alpha value is -0.690. The van der Waals surface area contributed by atoms with Gasteiger partial charge in [0.2, 0.25) is 5.91 Å². The number of amides is 1. The van der Waals surface area contributed by atoms with Crippen LogP contribution in [0.15, 0.2) is 0 Å². The van der Waals surface area contributed by atoms with Gasteiger partial charge in [0.25, 0.3) is 0 Å². The number of carbonyl (C=O) groups is 1. The molecule has 6 heteroatoms. The Balaban J connectivity index is 2.55. The highest BCUT2D eigenvalue weighted by atomic mass is 16.5. The lowest BCUT2D eigenvalue weighted by molar-refractivity contribution is -0.204. The second kappa shape index (κ2) is 10.2. The second-order valence-corrected chi connectivity index (χ2v) is 6.80. The molecule has 0 bridgehead atoms. The summed E-state index contributed by atoms with van der Waals surface area (Å²) in [5.41, 5.74) is 0. The summed E-state index contributed by atoms with van der Waals surface area (Å²) in [6.07, 6.45) is 2.13. The van der Waals surface area contributed by atoms with Crippen molar-refractivity contribution in [3.8, 4) is 0 Å². The number of aliphatic hydroxyl groups excluding tert-OH is 3. The van der Waals surface area contributed by atoms with E-state index in [1.165, 1.54) is 6.42 Å². The van der Waals surface area contributed by atoms with E-state index in [4.69, 9.17) is 4.74 Å². The topological polar surface area (TPSA) is 99.0 Å². The summed E-state index contributed by atoms with van der Waals surface area (Å²) >= 11 is 0. The minimum atomic E-state index is -1.20. The van der Waals surface area contributed by atoms with Crippen molar-refractivity contribution in [2.45, 2.75) is 89.8 Å². The van der Waals surface area contributed by atoms with Crippen molar-refractivity contribution in [2.24, 2.45) is 5.92 Å². The molecule has 1 saturated heterocycles. The number of hydrogen-bond acceptors (Lipinski definition) is 5. The lowest BCUT2D eigenvalue weighted by Gasteiger charge is -2.44. The molecule has 1 rings (SSSR count). The Morgan fingerprint density at radius 3 is 2.35 bits per heavy atom. The summed E-state index contributed by atoms with van der Waals surface area (Å²) in [6, 6.07) is -0.657. The molecule has 0 aromatic carbocycles. The molecule has 0 aliphatic carbocycles. The molecular formula is C17H33NO5. The third-order valence-corrected chi connectivity index (χ3v) is 4.46. The molecule has 5 atom stereocenters. The lowest BCUT2D eigenvalue weighted by Crippen LogP contribution is -2.65. The lowest BCUT2D eigenvalue weighted by atomic mass is 9.87. The number of nitrogens with one attached hydrogen (secondary N) is 1. The average molecular weight is 331 g/mol. The summed E-state index contributed by atoms with van der Waals surface area (Å²) in [5, 5.41) is 32.4. The third-order valence-electron chi connectivity index (χ3n) is 4.46. The summed E-state index contributed by atoms with van der Waals surface area (Å²) in [7, 11) is 0. The predicted octanol–water partition coefficient (Wildman–Crippen LogP) is 0.969. The molecule has 0 saturated carbocycles. The summed E-state index contributed by atoms with van der Waals surface area (Å²) in [6.45, 7) is 5.63. The normalized spacial score (nSPS) is 31.3. The quantitative estimate of drug-likeness (QED) is 0.472. The monoisotopic (exact) mass is 331 g/mol. The Bertz CT molecular complexity index is 350. The van der Waals surface area contributed by atoms with E-state index >= 15 is 0 Å². The Kier molecular flexibility index (Phi) is 9.06. The summed E-state index contributed by atoms with van der Waals surface area (Å²) in [4.78, 5) is 12.1. The largest absolute Gasteiger partial charge is 0.394 e.